The Morgan fingerprint density at radius 2 is 2.10 bits per heavy atom. The number of nitrogens with one attached hydrogen (secondary N) is 1. The van der Waals surface area contributed by atoms with Crippen molar-refractivity contribution in [3.63, 3.8) is 0 Å². The molecule has 1 N–H and O–H groups in total. The highest BCUT2D eigenvalue weighted by atomic mass is 32.1. The van der Waals surface area contributed by atoms with Crippen LogP contribution in [0.15, 0.2) is 16.8 Å². The summed E-state index contributed by atoms with van der Waals surface area (Å²) in [6, 6.07) is 2.05. The Morgan fingerprint density at radius 3 is 2.67 bits per heavy atom. The van der Waals surface area contributed by atoms with Crippen molar-refractivity contribution >= 4 is 23.2 Å². The molecule has 2 rings (SSSR count). The summed E-state index contributed by atoms with van der Waals surface area (Å²) >= 11 is 1.67. The van der Waals surface area contributed by atoms with Gasteiger partial charge in [-0.25, -0.2) is 0 Å². The van der Waals surface area contributed by atoms with Crippen LogP contribution in [-0.2, 0) is 16.0 Å². The topological polar surface area (TPSA) is 49.4 Å². The zero-order valence-electron chi connectivity index (χ0n) is 13.0. The molecule has 116 valence electrons. The molecule has 2 heterocycles. The zero-order valence-corrected chi connectivity index (χ0v) is 13.8. The second kappa shape index (κ2) is 6.60. The molecule has 1 aliphatic rings. The molecule has 5 heteroatoms. The third kappa shape index (κ3) is 3.28. The maximum absolute atomic E-state index is 13.0. The number of amides is 2. The van der Waals surface area contributed by atoms with Crippen LogP contribution in [0.3, 0.4) is 0 Å². The van der Waals surface area contributed by atoms with Gasteiger partial charge in [-0.05, 0) is 48.6 Å². The van der Waals surface area contributed by atoms with Gasteiger partial charge in [-0.15, -0.1) is 0 Å². The molecule has 2 amide bonds. The molecule has 1 unspecified atom stereocenters. The Kier molecular flexibility index (Phi) is 5.04. The Balaban J connectivity index is 2.19. The van der Waals surface area contributed by atoms with E-state index in [1.807, 2.05) is 25.7 Å². The van der Waals surface area contributed by atoms with Gasteiger partial charge in [0, 0.05) is 19.0 Å². The highest BCUT2D eigenvalue weighted by molar-refractivity contribution is 7.07. The molecule has 0 saturated carbocycles. The van der Waals surface area contributed by atoms with Crippen LogP contribution in [-0.4, -0.2) is 34.8 Å². The van der Waals surface area contributed by atoms with Crippen molar-refractivity contribution in [1.29, 1.82) is 0 Å². The molecule has 0 spiro atoms. The van der Waals surface area contributed by atoms with E-state index < -0.39 is 5.54 Å². The van der Waals surface area contributed by atoms with Crippen LogP contribution in [0.25, 0.3) is 0 Å². The summed E-state index contributed by atoms with van der Waals surface area (Å²) in [5, 5.41) is 7.13. The third-order valence-corrected chi connectivity index (χ3v) is 5.22. The van der Waals surface area contributed by atoms with E-state index in [9.17, 15) is 9.59 Å². The normalized spacial score (nSPS) is 22.0. The number of nitrogens with zero attached hydrogens (tertiary/aromatic N) is 1. The quantitative estimate of drug-likeness (QED) is 0.909. The lowest BCUT2D eigenvalue weighted by molar-refractivity contribution is -0.140. The van der Waals surface area contributed by atoms with Crippen molar-refractivity contribution < 1.29 is 9.59 Å². The number of hydrogen-bond donors (Lipinski definition) is 1. The van der Waals surface area contributed by atoms with E-state index in [-0.39, 0.29) is 17.9 Å². The smallest absolute Gasteiger partial charge is 0.248 e. The number of rotatable bonds is 5. The van der Waals surface area contributed by atoms with Gasteiger partial charge in [-0.3, -0.25) is 9.59 Å². The van der Waals surface area contributed by atoms with Crippen LogP contribution in [0.4, 0.5) is 0 Å². The molecule has 1 aliphatic heterocycles. The maximum atomic E-state index is 13.0. The Labute approximate surface area is 130 Å². The molecule has 4 nitrogen and oxygen atoms in total. The van der Waals surface area contributed by atoms with Crippen molar-refractivity contribution in [2.24, 2.45) is 0 Å². The van der Waals surface area contributed by atoms with Gasteiger partial charge in [0.25, 0.3) is 0 Å². The van der Waals surface area contributed by atoms with Gasteiger partial charge in [0.1, 0.15) is 5.54 Å². The summed E-state index contributed by atoms with van der Waals surface area (Å²) < 4.78 is 0. The molecule has 0 bridgehead atoms. The van der Waals surface area contributed by atoms with E-state index in [0.717, 1.165) is 6.42 Å². The minimum absolute atomic E-state index is 0.0161. The number of hydrogen-bond acceptors (Lipinski definition) is 3. The second-order valence-corrected chi connectivity index (χ2v) is 6.55. The summed E-state index contributed by atoms with van der Waals surface area (Å²) in [5.41, 5.74) is 0.526. The summed E-state index contributed by atoms with van der Waals surface area (Å²) in [5.74, 6) is 0.0543. The largest absolute Gasteiger partial charge is 0.342 e. The van der Waals surface area contributed by atoms with Crippen molar-refractivity contribution in [2.45, 2.75) is 58.0 Å². The summed E-state index contributed by atoms with van der Waals surface area (Å²) in [6.45, 7) is 6.57. The first-order valence-corrected chi connectivity index (χ1v) is 8.60. The standard InChI is InChI=1S/C16H24N2O2S/c1-4-16(5-2)15(20)18(12(3)10-14(19)17-16)8-6-13-7-9-21-11-13/h7,9,11-12H,4-6,8,10H2,1-3H3,(H,17,19). The summed E-state index contributed by atoms with van der Waals surface area (Å²) in [6.07, 6.45) is 2.50. The van der Waals surface area contributed by atoms with Crippen LogP contribution in [0.5, 0.6) is 0 Å². The van der Waals surface area contributed by atoms with Crippen molar-refractivity contribution in [3.05, 3.63) is 22.4 Å². The van der Waals surface area contributed by atoms with Crippen molar-refractivity contribution in [3.8, 4) is 0 Å². The van der Waals surface area contributed by atoms with Gasteiger partial charge in [0.05, 0.1) is 0 Å². The first-order valence-electron chi connectivity index (χ1n) is 7.65. The van der Waals surface area contributed by atoms with Gasteiger partial charge in [0.2, 0.25) is 11.8 Å². The predicted octanol–water partition coefficient (Wildman–Crippen LogP) is 2.59. The lowest BCUT2D eigenvalue weighted by Gasteiger charge is -2.35. The molecule has 0 aromatic carbocycles. The van der Waals surface area contributed by atoms with E-state index in [0.29, 0.717) is 25.8 Å². The molecule has 0 radical (unpaired) electrons. The van der Waals surface area contributed by atoms with Crippen LogP contribution in [0.2, 0.25) is 0 Å². The molecule has 1 saturated heterocycles. The number of carbonyl (C=O) groups excluding carboxylic acids is 2. The number of carbonyl (C=O) groups is 2. The zero-order chi connectivity index (χ0) is 15.5. The van der Waals surface area contributed by atoms with E-state index in [1.165, 1.54) is 5.56 Å². The van der Waals surface area contributed by atoms with E-state index in [4.69, 9.17) is 0 Å². The van der Waals surface area contributed by atoms with E-state index in [2.05, 4.69) is 22.1 Å². The molecule has 1 aromatic heterocycles. The summed E-state index contributed by atoms with van der Waals surface area (Å²) in [4.78, 5) is 26.9. The highest BCUT2D eigenvalue weighted by Crippen LogP contribution is 2.25. The van der Waals surface area contributed by atoms with Crippen LogP contribution >= 0.6 is 11.3 Å². The molecule has 21 heavy (non-hydrogen) atoms. The molecule has 1 aromatic rings. The molecule has 0 aliphatic carbocycles. The van der Waals surface area contributed by atoms with Crippen LogP contribution in [0.1, 0.15) is 45.6 Å². The first-order chi connectivity index (χ1) is 10.0. The lowest BCUT2D eigenvalue weighted by Crippen LogP contribution is -2.57. The fourth-order valence-corrected chi connectivity index (χ4v) is 3.66. The molecular formula is C16H24N2O2S. The van der Waals surface area contributed by atoms with Gasteiger partial charge in [-0.1, -0.05) is 13.8 Å². The average Bonchev–Trinajstić information content (AvgIpc) is 2.95. The monoisotopic (exact) mass is 308 g/mol. The van der Waals surface area contributed by atoms with Crippen molar-refractivity contribution in [2.75, 3.05) is 6.54 Å². The Hall–Kier alpha value is -1.36. The Bertz CT molecular complexity index is 494. The average molecular weight is 308 g/mol. The first kappa shape index (κ1) is 16.0. The Morgan fingerprint density at radius 1 is 1.38 bits per heavy atom. The summed E-state index contributed by atoms with van der Waals surface area (Å²) in [7, 11) is 0. The number of thiophene rings is 1. The minimum Gasteiger partial charge on any atom is -0.342 e. The van der Waals surface area contributed by atoms with Crippen LogP contribution in [0, 0.1) is 0 Å². The fraction of sp³-hybridized carbons (Fsp3) is 0.625. The van der Waals surface area contributed by atoms with Crippen molar-refractivity contribution in [1.82, 2.24) is 10.2 Å². The molecule has 1 atom stereocenters. The lowest BCUT2D eigenvalue weighted by atomic mass is 9.91. The van der Waals surface area contributed by atoms with Gasteiger partial charge < -0.3 is 10.2 Å². The third-order valence-electron chi connectivity index (χ3n) is 4.49. The highest BCUT2D eigenvalue weighted by Gasteiger charge is 2.43. The van der Waals surface area contributed by atoms with Gasteiger partial charge in [0.15, 0.2) is 0 Å². The van der Waals surface area contributed by atoms with Gasteiger partial charge in [-0.2, -0.15) is 11.3 Å². The SMILES string of the molecule is CCC1(CC)NC(=O)CC(C)N(CCc2ccsc2)C1=O. The minimum atomic E-state index is -0.726. The maximum Gasteiger partial charge on any atom is 0.248 e. The molecule has 1 fully saturated rings. The fourth-order valence-electron chi connectivity index (χ4n) is 2.96. The van der Waals surface area contributed by atoms with E-state index in [1.54, 1.807) is 11.3 Å². The van der Waals surface area contributed by atoms with E-state index >= 15 is 0 Å². The molecular weight excluding hydrogens is 284 g/mol. The predicted molar refractivity (Wildman–Crippen MR) is 85.3 cm³/mol. The van der Waals surface area contributed by atoms with Crippen LogP contribution < -0.4 is 5.32 Å². The van der Waals surface area contributed by atoms with Gasteiger partial charge >= 0.3 is 0 Å². The second-order valence-electron chi connectivity index (χ2n) is 5.77.